The first kappa shape index (κ1) is 13.0. The van der Waals surface area contributed by atoms with Gasteiger partial charge in [-0.1, -0.05) is 23.2 Å². The monoisotopic (exact) mass is 304 g/mol. The Balaban J connectivity index is 2.26. The summed E-state index contributed by atoms with van der Waals surface area (Å²) in [5, 5.41) is 1.90. The molecule has 0 aliphatic heterocycles. The third-order valence-corrected chi connectivity index (χ3v) is 3.41. The van der Waals surface area contributed by atoms with Crippen LogP contribution in [-0.2, 0) is 0 Å². The Morgan fingerprint density at radius 2 is 1.55 bits per heavy atom. The van der Waals surface area contributed by atoms with Crippen molar-refractivity contribution < 1.29 is 0 Å². The minimum Gasteiger partial charge on any atom is -0.398 e. The zero-order chi connectivity index (χ0) is 14.3. The summed E-state index contributed by atoms with van der Waals surface area (Å²) in [5.41, 5.74) is 13.8. The topological polar surface area (TPSA) is 77.8 Å². The molecular formula is C14H10Cl2N4. The average molecular weight is 305 g/mol. The molecule has 0 amide bonds. The van der Waals surface area contributed by atoms with Gasteiger partial charge < -0.3 is 11.5 Å². The first-order chi connectivity index (χ1) is 9.54. The fourth-order valence-electron chi connectivity index (χ4n) is 1.98. The minimum atomic E-state index is 0.385. The van der Waals surface area contributed by atoms with E-state index in [0.717, 1.165) is 5.39 Å². The van der Waals surface area contributed by atoms with Gasteiger partial charge in [-0.3, -0.25) is 0 Å². The maximum atomic E-state index is 5.98. The molecule has 0 saturated heterocycles. The van der Waals surface area contributed by atoms with E-state index in [1.807, 2.05) is 0 Å². The van der Waals surface area contributed by atoms with Crippen LogP contribution in [0.15, 0.2) is 36.4 Å². The molecule has 20 heavy (non-hydrogen) atoms. The number of aromatic nitrogens is 2. The summed E-state index contributed by atoms with van der Waals surface area (Å²) in [6.07, 6.45) is 0. The number of nitrogens with zero attached hydrogens (tertiary/aromatic N) is 2. The third-order valence-electron chi connectivity index (χ3n) is 2.94. The van der Waals surface area contributed by atoms with Gasteiger partial charge in [0.2, 0.25) is 0 Å². The molecule has 0 atom stereocenters. The van der Waals surface area contributed by atoms with Crippen molar-refractivity contribution in [2.45, 2.75) is 0 Å². The molecule has 0 aliphatic carbocycles. The summed E-state index contributed by atoms with van der Waals surface area (Å²) in [5.74, 6) is 0.836. The Labute approximate surface area is 125 Å². The second-order valence-corrected chi connectivity index (χ2v) is 5.20. The number of hydrogen-bond acceptors (Lipinski definition) is 4. The first-order valence-corrected chi connectivity index (χ1v) is 6.58. The Hall–Kier alpha value is -2.04. The lowest BCUT2D eigenvalue weighted by Gasteiger charge is -2.08. The zero-order valence-corrected chi connectivity index (χ0v) is 11.8. The lowest BCUT2D eigenvalue weighted by molar-refractivity contribution is 1.23. The second-order valence-electron chi connectivity index (χ2n) is 4.33. The van der Waals surface area contributed by atoms with Crippen LogP contribution in [0.5, 0.6) is 0 Å². The molecule has 0 saturated carbocycles. The molecule has 0 bridgehead atoms. The van der Waals surface area contributed by atoms with E-state index in [2.05, 4.69) is 9.97 Å². The lowest BCUT2D eigenvalue weighted by Crippen LogP contribution is -2.00. The van der Waals surface area contributed by atoms with Crippen molar-refractivity contribution in [3.63, 3.8) is 0 Å². The Morgan fingerprint density at radius 1 is 0.850 bits per heavy atom. The zero-order valence-electron chi connectivity index (χ0n) is 10.3. The molecule has 0 aliphatic rings. The number of anilines is 2. The van der Waals surface area contributed by atoms with Gasteiger partial charge >= 0.3 is 0 Å². The largest absolute Gasteiger partial charge is 0.398 e. The highest BCUT2D eigenvalue weighted by Gasteiger charge is 2.10. The molecule has 100 valence electrons. The highest BCUT2D eigenvalue weighted by atomic mass is 35.5. The van der Waals surface area contributed by atoms with Crippen LogP contribution in [0, 0.1) is 0 Å². The molecule has 1 aromatic heterocycles. The average Bonchev–Trinajstić information content (AvgIpc) is 2.37. The Morgan fingerprint density at radius 3 is 2.30 bits per heavy atom. The van der Waals surface area contributed by atoms with Crippen LogP contribution in [0.1, 0.15) is 0 Å². The molecule has 6 heteroatoms. The molecule has 0 radical (unpaired) electrons. The molecule has 3 aromatic rings. The van der Waals surface area contributed by atoms with Crippen molar-refractivity contribution in [2.24, 2.45) is 0 Å². The number of halogens is 2. The third kappa shape index (κ3) is 2.24. The van der Waals surface area contributed by atoms with Crippen molar-refractivity contribution in [1.82, 2.24) is 9.97 Å². The van der Waals surface area contributed by atoms with Crippen LogP contribution < -0.4 is 11.5 Å². The van der Waals surface area contributed by atoms with Crippen LogP contribution in [0.2, 0.25) is 10.0 Å². The predicted molar refractivity (Wildman–Crippen MR) is 83.8 cm³/mol. The summed E-state index contributed by atoms with van der Waals surface area (Å²) in [4.78, 5) is 8.75. The molecular weight excluding hydrogens is 295 g/mol. The number of nitrogens with two attached hydrogens (primary N) is 2. The van der Waals surface area contributed by atoms with E-state index in [9.17, 15) is 0 Å². The maximum Gasteiger partial charge on any atom is 0.164 e. The van der Waals surface area contributed by atoms with Gasteiger partial charge in [0.05, 0.1) is 5.52 Å². The minimum absolute atomic E-state index is 0.385. The van der Waals surface area contributed by atoms with E-state index in [1.165, 1.54) is 0 Å². The summed E-state index contributed by atoms with van der Waals surface area (Å²) in [7, 11) is 0. The van der Waals surface area contributed by atoms with Gasteiger partial charge in [-0.25, -0.2) is 9.97 Å². The number of nitrogen functional groups attached to an aromatic ring is 2. The van der Waals surface area contributed by atoms with Crippen molar-refractivity contribution >= 4 is 45.6 Å². The van der Waals surface area contributed by atoms with Gasteiger partial charge in [0, 0.05) is 26.7 Å². The Bertz CT molecular complexity index is 818. The second kappa shape index (κ2) is 4.81. The van der Waals surface area contributed by atoms with Crippen molar-refractivity contribution in [2.75, 3.05) is 11.5 Å². The van der Waals surface area contributed by atoms with Crippen LogP contribution in [0.25, 0.3) is 22.3 Å². The number of fused-ring (bicyclic) bond motifs is 1. The van der Waals surface area contributed by atoms with Gasteiger partial charge in [0.15, 0.2) is 5.82 Å². The fourth-order valence-corrected chi connectivity index (χ4v) is 2.33. The van der Waals surface area contributed by atoms with Crippen LogP contribution in [-0.4, -0.2) is 9.97 Å². The summed E-state index contributed by atoms with van der Waals surface area (Å²) < 4.78 is 0. The molecule has 2 aromatic carbocycles. The molecule has 4 N–H and O–H groups in total. The summed E-state index contributed by atoms with van der Waals surface area (Å²) >= 11 is 11.9. The van der Waals surface area contributed by atoms with E-state index in [4.69, 9.17) is 34.7 Å². The predicted octanol–water partition coefficient (Wildman–Crippen LogP) is 3.77. The van der Waals surface area contributed by atoms with Gasteiger partial charge in [0.1, 0.15) is 5.82 Å². The normalized spacial score (nSPS) is 10.9. The fraction of sp³-hybridized carbons (Fsp3) is 0. The van der Waals surface area contributed by atoms with Gasteiger partial charge in [-0.15, -0.1) is 0 Å². The standard InChI is InChI=1S/C14H10Cl2N4/c15-7-1-3-9(11(17)5-7)14-19-12-6-8(16)2-4-10(12)13(18)20-14/h1-6H,17H2,(H2,18,19,20). The maximum absolute atomic E-state index is 5.98. The van der Waals surface area contributed by atoms with Crippen molar-refractivity contribution in [1.29, 1.82) is 0 Å². The molecule has 0 fully saturated rings. The SMILES string of the molecule is Nc1cc(Cl)ccc1-c1nc(N)c2ccc(Cl)cc2n1. The smallest absolute Gasteiger partial charge is 0.164 e. The van der Waals surface area contributed by atoms with E-state index in [1.54, 1.807) is 36.4 Å². The van der Waals surface area contributed by atoms with Crippen LogP contribution in [0.4, 0.5) is 11.5 Å². The molecule has 0 spiro atoms. The van der Waals surface area contributed by atoms with Crippen LogP contribution in [0.3, 0.4) is 0 Å². The van der Waals surface area contributed by atoms with E-state index in [-0.39, 0.29) is 0 Å². The van der Waals surface area contributed by atoms with Gasteiger partial charge in [-0.05, 0) is 36.4 Å². The van der Waals surface area contributed by atoms with E-state index in [0.29, 0.717) is 38.5 Å². The van der Waals surface area contributed by atoms with Gasteiger partial charge in [0.25, 0.3) is 0 Å². The summed E-state index contributed by atoms with van der Waals surface area (Å²) in [6, 6.07) is 10.4. The molecule has 0 unspecified atom stereocenters. The highest BCUT2D eigenvalue weighted by molar-refractivity contribution is 6.31. The molecule has 4 nitrogen and oxygen atoms in total. The highest BCUT2D eigenvalue weighted by Crippen LogP contribution is 2.29. The number of benzene rings is 2. The summed E-state index contributed by atoms with van der Waals surface area (Å²) in [6.45, 7) is 0. The van der Waals surface area contributed by atoms with Crippen molar-refractivity contribution in [3.05, 3.63) is 46.4 Å². The number of hydrogen-bond donors (Lipinski definition) is 2. The van der Waals surface area contributed by atoms with Crippen LogP contribution >= 0.6 is 23.2 Å². The Kier molecular flexibility index (Phi) is 3.12. The quantitative estimate of drug-likeness (QED) is 0.671. The van der Waals surface area contributed by atoms with E-state index >= 15 is 0 Å². The molecule has 1 heterocycles. The first-order valence-electron chi connectivity index (χ1n) is 5.83. The molecule has 3 rings (SSSR count). The lowest BCUT2D eigenvalue weighted by atomic mass is 10.1. The van der Waals surface area contributed by atoms with E-state index < -0.39 is 0 Å². The number of rotatable bonds is 1. The van der Waals surface area contributed by atoms with Crippen molar-refractivity contribution in [3.8, 4) is 11.4 Å². The van der Waals surface area contributed by atoms with Gasteiger partial charge in [-0.2, -0.15) is 0 Å².